The fourth-order valence-electron chi connectivity index (χ4n) is 4.57. The van der Waals surface area contributed by atoms with E-state index in [1.54, 1.807) is 54.6 Å². The molecule has 40 heavy (non-hydrogen) atoms. The fourth-order valence-corrected chi connectivity index (χ4v) is 4.57. The van der Waals surface area contributed by atoms with Gasteiger partial charge in [0.1, 0.15) is 11.4 Å². The van der Waals surface area contributed by atoms with Gasteiger partial charge in [0.25, 0.3) is 11.2 Å². The molecule has 0 spiro atoms. The van der Waals surface area contributed by atoms with E-state index in [4.69, 9.17) is 9.47 Å². The number of rotatable bonds is 7. The zero-order valence-electron chi connectivity index (χ0n) is 21.9. The highest BCUT2D eigenvalue weighted by atomic mass is 16.6. The van der Waals surface area contributed by atoms with E-state index in [-0.39, 0.29) is 17.3 Å². The third-order valence-corrected chi connectivity index (χ3v) is 6.44. The van der Waals surface area contributed by atoms with Crippen molar-refractivity contribution in [3.63, 3.8) is 0 Å². The van der Waals surface area contributed by atoms with Crippen LogP contribution in [0.1, 0.15) is 12.5 Å². The number of hydrogen-bond donors (Lipinski definition) is 1. The van der Waals surface area contributed by atoms with E-state index >= 15 is 0 Å². The van der Waals surface area contributed by atoms with Crippen molar-refractivity contribution in [2.24, 2.45) is 5.10 Å². The van der Waals surface area contributed by atoms with Gasteiger partial charge in [-0.25, -0.2) is 5.43 Å². The van der Waals surface area contributed by atoms with Crippen molar-refractivity contribution in [3.8, 4) is 22.7 Å². The minimum absolute atomic E-state index is 0.0568. The number of morpholine rings is 1. The SMILES string of the molecule is COc1cc(C=NNC(C)=O)cc(-c2nn(-c3cc(N4CCOCC4)ccc3[N+](=O)[O-])c(=O)c3ccccc23)c1. The van der Waals surface area contributed by atoms with Crippen molar-refractivity contribution in [2.75, 3.05) is 38.3 Å². The number of anilines is 1. The predicted molar refractivity (Wildman–Crippen MR) is 150 cm³/mol. The summed E-state index contributed by atoms with van der Waals surface area (Å²) in [5.74, 6) is 0.172. The van der Waals surface area contributed by atoms with Crippen LogP contribution >= 0.6 is 0 Å². The number of hydrazone groups is 1. The number of nitrogens with zero attached hydrogens (tertiary/aromatic N) is 5. The standard InChI is InChI=1S/C28H26N6O6/c1-18(35)30-29-17-19-13-20(15-22(14-19)39-2)27-23-5-3-4-6-24(23)28(36)33(31-27)26-16-21(7-8-25(26)34(37)38)32-9-11-40-12-10-32/h3-8,13-17H,9-12H2,1-2H3,(H,30,35). The maximum absolute atomic E-state index is 13.7. The number of nitrogens with one attached hydrogen (secondary N) is 1. The van der Waals surface area contributed by atoms with Crippen LogP contribution in [0.25, 0.3) is 27.7 Å². The Hall–Kier alpha value is -5.10. The van der Waals surface area contributed by atoms with E-state index in [1.807, 2.05) is 4.90 Å². The molecule has 4 aromatic rings. The lowest BCUT2D eigenvalue weighted by molar-refractivity contribution is -0.384. The van der Waals surface area contributed by atoms with E-state index < -0.39 is 10.5 Å². The Morgan fingerprint density at radius 2 is 1.88 bits per heavy atom. The molecule has 3 aromatic carbocycles. The molecule has 1 amide bonds. The van der Waals surface area contributed by atoms with Crippen molar-refractivity contribution in [2.45, 2.75) is 6.92 Å². The number of hydrogen-bond acceptors (Lipinski definition) is 9. The molecule has 0 atom stereocenters. The predicted octanol–water partition coefficient (Wildman–Crippen LogP) is 3.28. The molecule has 1 fully saturated rings. The summed E-state index contributed by atoms with van der Waals surface area (Å²) >= 11 is 0. The summed E-state index contributed by atoms with van der Waals surface area (Å²) in [5, 5.41) is 21.6. The number of benzene rings is 3. The molecule has 1 aromatic heterocycles. The van der Waals surface area contributed by atoms with Crippen molar-refractivity contribution < 1.29 is 19.2 Å². The Labute approximate surface area is 228 Å². The number of ether oxygens (including phenoxy) is 2. The number of fused-ring (bicyclic) bond motifs is 1. The number of nitro groups is 1. The van der Waals surface area contributed by atoms with E-state index in [1.165, 1.54) is 26.3 Å². The summed E-state index contributed by atoms with van der Waals surface area (Å²) in [5.41, 5.74) is 4.01. The summed E-state index contributed by atoms with van der Waals surface area (Å²) in [6.07, 6.45) is 1.46. The summed E-state index contributed by atoms with van der Waals surface area (Å²) in [6.45, 7) is 3.66. The topological polar surface area (TPSA) is 141 Å². The Morgan fingerprint density at radius 1 is 1.12 bits per heavy atom. The second kappa shape index (κ2) is 11.3. The van der Waals surface area contributed by atoms with Gasteiger partial charge in [0.05, 0.1) is 42.5 Å². The Morgan fingerprint density at radius 3 is 2.58 bits per heavy atom. The molecule has 0 aliphatic carbocycles. The molecule has 5 rings (SSSR count). The zero-order valence-corrected chi connectivity index (χ0v) is 21.9. The molecule has 2 heterocycles. The van der Waals surface area contributed by atoms with Gasteiger partial charge in [0, 0.05) is 42.7 Å². The summed E-state index contributed by atoms with van der Waals surface area (Å²) < 4.78 is 12.0. The van der Waals surface area contributed by atoms with Gasteiger partial charge in [-0.1, -0.05) is 18.2 Å². The van der Waals surface area contributed by atoms with E-state index in [9.17, 15) is 19.7 Å². The average Bonchev–Trinajstić information content (AvgIpc) is 2.97. The van der Waals surface area contributed by atoms with Gasteiger partial charge in [-0.05, 0) is 42.0 Å². The number of nitro benzene ring substituents is 1. The maximum atomic E-state index is 13.7. The Kier molecular flexibility index (Phi) is 7.51. The third-order valence-electron chi connectivity index (χ3n) is 6.44. The molecule has 0 radical (unpaired) electrons. The number of methoxy groups -OCH3 is 1. The van der Waals surface area contributed by atoms with Crippen LogP contribution < -0.4 is 20.6 Å². The molecule has 204 valence electrons. The van der Waals surface area contributed by atoms with Crippen LogP contribution in [0.4, 0.5) is 11.4 Å². The molecular formula is C28H26N6O6. The first-order valence-electron chi connectivity index (χ1n) is 12.5. The van der Waals surface area contributed by atoms with Crippen molar-refractivity contribution in [1.82, 2.24) is 15.2 Å². The van der Waals surface area contributed by atoms with Gasteiger partial charge < -0.3 is 14.4 Å². The van der Waals surface area contributed by atoms with Crippen LogP contribution in [0, 0.1) is 10.1 Å². The number of carbonyl (C=O) groups excluding carboxylic acids is 1. The molecule has 1 aliphatic heterocycles. The first kappa shape index (κ1) is 26.5. The molecule has 1 aliphatic rings. The number of amides is 1. The lowest BCUT2D eigenvalue weighted by Gasteiger charge is -2.29. The second-order valence-corrected chi connectivity index (χ2v) is 9.06. The molecule has 12 heteroatoms. The molecule has 0 unspecified atom stereocenters. The van der Waals surface area contributed by atoms with Crippen molar-refractivity contribution >= 4 is 34.3 Å². The van der Waals surface area contributed by atoms with Crippen molar-refractivity contribution in [1.29, 1.82) is 0 Å². The highest BCUT2D eigenvalue weighted by molar-refractivity contribution is 5.95. The molecule has 1 saturated heterocycles. The smallest absolute Gasteiger partial charge is 0.295 e. The maximum Gasteiger partial charge on any atom is 0.295 e. The summed E-state index contributed by atoms with van der Waals surface area (Å²) in [7, 11) is 1.51. The Balaban J connectivity index is 1.74. The largest absolute Gasteiger partial charge is 0.497 e. The zero-order chi connectivity index (χ0) is 28.2. The minimum atomic E-state index is -0.524. The molecule has 0 bridgehead atoms. The highest BCUT2D eigenvalue weighted by Gasteiger charge is 2.23. The van der Waals surface area contributed by atoms with Crippen LogP contribution in [0.15, 0.2) is 70.6 Å². The van der Waals surface area contributed by atoms with E-state index in [0.29, 0.717) is 59.6 Å². The van der Waals surface area contributed by atoms with Gasteiger partial charge in [-0.15, -0.1) is 0 Å². The first-order chi connectivity index (χ1) is 19.4. The Bertz CT molecular complexity index is 1690. The van der Waals surface area contributed by atoms with E-state index in [2.05, 4.69) is 15.6 Å². The van der Waals surface area contributed by atoms with Gasteiger partial charge in [0.2, 0.25) is 5.91 Å². The quantitative estimate of drug-likeness (QED) is 0.213. The highest BCUT2D eigenvalue weighted by Crippen LogP contribution is 2.32. The second-order valence-electron chi connectivity index (χ2n) is 9.06. The van der Waals surface area contributed by atoms with Gasteiger partial charge in [-0.2, -0.15) is 14.9 Å². The number of carbonyl (C=O) groups is 1. The van der Waals surface area contributed by atoms with Gasteiger partial charge in [0.15, 0.2) is 0 Å². The third kappa shape index (κ3) is 5.38. The van der Waals surface area contributed by atoms with E-state index in [0.717, 1.165) is 10.4 Å². The van der Waals surface area contributed by atoms with Gasteiger partial charge >= 0.3 is 0 Å². The van der Waals surface area contributed by atoms with Crippen LogP contribution in [0.5, 0.6) is 5.75 Å². The lowest BCUT2D eigenvalue weighted by Crippen LogP contribution is -2.36. The average molecular weight is 543 g/mol. The first-order valence-corrected chi connectivity index (χ1v) is 12.5. The monoisotopic (exact) mass is 542 g/mol. The normalized spacial score (nSPS) is 13.5. The summed E-state index contributed by atoms with van der Waals surface area (Å²) in [6, 6.07) is 16.9. The van der Waals surface area contributed by atoms with Crippen LogP contribution in [0.2, 0.25) is 0 Å². The molecular weight excluding hydrogens is 516 g/mol. The fraction of sp³-hybridized carbons (Fsp3) is 0.214. The molecule has 0 saturated carbocycles. The van der Waals surface area contributed by atoms with Crippen LogP contribution in [0.3, 0.4) is 0 Å². The number of aromatic nitrogens is 2. The van der Waals surface area contributed by atoms with Crippen LogP contribution in [-0.4, -0.2) is 60.2 Å². The minimum Gasteiger partial charge on any atom is -0.497 e. The van der Waals surface area contributed by atoms with Crippen LogP contribution in [-0.2, 0) is 9.53 Å². The lowest BCUT2D eigenvalue weighted by atomic mass is 10.0. The summed E-state index contributed by atoms with van der Waals surface area (Å²) in [4.78, 5) is 38.6. The molecule has 1 N–H and O–H groups in total. The van der Waals surface area contributed by atoms with Gasteiger partial charge in [-0.3, -0.25) is 19.7 Å². The molecule has 12 nitrogen and oxygen atoms in total. The van der Waals surface area contributed by atoms with Crippen molar-refractivity contribution in [3.05, 3.63) is 86.7 Å².